The van der Waals surface area contributed by atoms with Gasteiger partial charge in [-0.25, -0.2) is 9.97 Å². The Morgan fingerprint density at radius 3 is 1.70 bits per heavy atom. The summed E-state index contributed by atoms with van der Waals surface area (Å²) in [4.78, 5) is 10.9. The Labute approximate surface area is 309 Å². The third kappa shape index (κ3) is 3.97. The number of aromatic nitrogens is 3. The molecule has 12 rings (SSSR count). The van der Waals surface area contributed by atoms with Gasteiger partial charge in [-0.15, -0.1) is 0 Å². The Balaban J connectivity index is 1.32. The fourth-order valence-corrected chi connectivity index (χ4v) is 8.97. The number of fused-ring (bicyclic) bond motifs is 16. The number of para-hydroxylation sites is 3. The van der Waals surface area contributed by atoms with E-state index >= 15 is 0 Å². The minimum atomic E-state index is 0.601. The van der Waals surface area contributed by atoms with Gasteiger partial charge in [0.05, 0.1) is 16.7 Å². The lowest BCUT2D eigenvalue weighted by atomic mass is 9.89. The molecule has 0 aliphatic heterocycles. The summed E-state index contributed by atoms with van der Waals surface area (Å²) in [7, 11) is 0. The number of hydrogen-bond acceptors (Lipinski definition) is 3. The molecule has 4 nitrogen and oxygen atoms in total. The molecule has 54 heavy (non-hydrogen) atoms. The maximum absolute atomic E-state index is 7.03. The molecule has 0 saturated carbocycles. The van der Waals surface area contributed by atoms with Crippen LogP contribution in [0, 0.1) is 0 Å². The van der Waals surface area contributed by atoms with Gasteiger partial charge in [-0.05, 0) is 50.9 Å². The molecule has 12 aromatic rings. The molecule has 0 unspecified atom stereocenters. The molecule has 0 radical (unpaired) electrons. The Kier molecular flexibility index (Phi) is 6.02. The highest BCUT2D eigenvalue weighted by Crippen LogP contribution is 2.50. The molecule has 0 atom stereocenters. The Hall–Kier alpha value is -7.30. The molecule has 3 heterocycles. The SMILES string of the molecule is c1ccc(-c2ccccc2-c2nc(-n3c4ccccc4c4c5c6ccccc6c6ccccc6c5c5c6ccccc6oc5c43)nc3ccccc23)cc1. The first-order chi connectivity index (χ1) is 26.8. The second-order valence-electron chi connectivity index (χ2n) is 14.0. The maximum atomic E-state index is 7.03. The molecule has 0 aliphatic carbocycles. The molecule has 250 valence electrons. The molecule has 0 N–H and O–H groups in total. The van der Waals surface area contributed by atoms with Crippen molar-refractivity contribution in [3.63, 3.8) is 0 Å². The minimum absolute atomic E-state index is 0.601. The van der Waals surface area contributed by atoms with Crippen molar-refractivity contribution in [1.82, 2.24) is 14.5 Å². The largest absolute Gasteiger partial charge is 0.454 e. The lowest BCUT2D eigenvalue weighted by Crippen LogP contribution is -2.04. The van der Waals surface area contributed by atoms with Gasteiger partial charge >= 0.3 is 0 Å². The summed E-state index contributed by atoms with van der Waals surface area (Å²) in [5, 5.41) is 12.8. The van der Waals surface area contributed by atoms with E-state index in [4.69, 9.17) is 14.4 Å². The number of furan rings is 1. The lowest BCUT2D eigenvalue weighted by molar-refractivity contribution is 0.671. The molecule has 9 aromatic carbocycles. The van der Waals surface area contributed by atoms with Gasteiger partial charge in [-0.1, -0.05) is 158 Å². The van der Waals surface area contributed by atoms with E-state index in [-0.39, 0.29) is 0 Å². The van der Waals surface area contributed by atoms with E-state index in [9.17, 15) is 0 Å². The van der Waals surface area contributed by atoms with Gasteiger partial charge in [0.25, 0.3) is 0 Å². The highest BCUT2D eigenvalue weighted by molar-refractivity contribution is 6.44. The first kappa shape index (κ1) is 29.3. The van der Waals surface area contributed by atoms with Crippen molar-refractivity contribution >= 4 is 87.0 Å². The summed E-state index contributed by atoms with van der Waals surface area (Å²) in [6, 6.07) is 62.2. The number of hydrogen-bond donors (Lipinski definition) is 0. The first-order valence-electron chi connectivity index (χ1n) is 18.3. The van der Waals surface area contributed by atoms with E-state index in [1.165, 1.54) is 32.3 Å². The van der Waals surface area contributed by atoms with Crippen LogP contribution < -0.4 is 0 Å². The third-order valence-electron chi connectivity index (χ3n) is 11.2. The fraction of sp³-hybridized carbons (Fsp3) is 0. The van der Waals surface area contributed by atoms with Crippen LogP contribution in [-0.2, 0) is 0 Å². The van der Waals surface area contributed by atoms with E-state index in [1.54, 1.807) is 0 Å². The van der Waals surface area contributed by atoms with Crippen molar-refractivity contribution in [2.24, 2.45) is 0 Å². The van der Waals surface area contributed by atoms with Crippen LogP contribution in [0.15, 0.2) is 180 Å². The van der Waals surface area contributed by atoms with E-state index < -0.39 is 0 Å². The molecule has 4 heteroatoms. The Bertz CT molecular complexity index is 3500. The van der Waals surface area contributed by atoms with Gasteiger partial charge in [0.1, 0.15) is 11.1 Å². The van der Waals surface area contributed by atoms with Gasteiger partial charge in [0.2, 0.25) is 5.95 Å². The average Bonchev–Trinajstić information content (AvgIpc) is 3.80. The highest BCUT2D eigenvalue weighted by Gasteiger charge is 2.27. The predicted molar refractivity (Wildman–Crippen MR) is 225 cm³/mol. The van der Waals surface area contributed by atoms with Gasteiger partial charge in [-0.3, -0.25) is 4.57 Å². The Morgan fingerprint density at radius 1 is 0.389 bits per heavy atom. The summed E-state index contributed by atoms with van der Waals surface area (Å²) >= 11 is 0. The van der Waals surface area contributed by atoms with Crippen molar-refractivity contribution in [2.75, 3.05) is 0 Å². The lowest BCUT2D eigenvalue weighted by Gasteiger charge is -2.15. The zero-order valence-corrected chi connectivity index (χ0v) is 29.0. The summed E-state index contributed by atoms with van der Waals surface area (Å²) in [5.74, 6) is 0.601. The summed E-state index contributed by atoms with van der Waals surface area (Å²) in [5.41, 5.74) is 8.77. The summed E-state index contributed by atoms with van der Waals surface area (Å²) in [6.07, 6.45) is 0. The van der Waals surface area contributed by atoms with Crippen LogP contribution in [0.25, 0.3) is 115 Å². The molecular weight excluding hydrogens is 659 g/mol. The second kappa shape index (κ2) is 11.1. The second-order valence-corrected chi connectivity index (χ2v) is 14.0. The van der Waals surface area contributed by atoms with Crippen molar-refractivity contribution in [3.8, 4) is 28.3 Å². The molecule has 0 bridgehead atoms. The van der Waals surface area contributed by atoms with Gasteiger partial charge < -0.3 is 4.42 Å². The van der Waals surface area contributed by atoms with Crippen molar-refractivity contribution in [3.05, 3.63) is 176 Å². The van der Waals surface area contributed by atoms with E-state index in [1.807, 2.05) is 0 Å². The molecule has 0 saturated heterocycles. The van der Waals surface area contributed by atoms with E-state index in [2.05, 4.69) is 180 Å². The monoisotopic (exact) mass is 687 g/mol. The van der Waals surface area contributed by atoms with Crippen LogP contribution in [0.2, 0.25) is 0 Å². The fourth-order valence-electron chi connectivity index (χ4n) is 8.97. The van der Waals surface area contributed by atoms with E-state index in [0.717, 1.165) is 77.0 Å². The van der Waals surface area contributed by atoms with Crippen LogP contribution in [0.1, 0.15) is 0 Å². The van der Waals surface area contributed by atoms with E-state index in [0.29, 0.717) is 5.95 Å². The third-order valence-corrected chi connectivity index (χ3v) is 11.2. The van der Waals surface area contributed by atoms with Crippen molar-refractivity contribution in [1.29, 1.82) is 0 Å². The molecule has 0 fully saturated rings. The number of nitrogens with zero attached hydrogens (tertiary/aromatic N) is 3. The van der Waals surface area contributed by atoms with Crippen molar-refractivity contribution < 1.29 is 4.42 Å². The smallest absolute Gasteiger partial charge is 0.235 e. The summed E-state index contributed by atoms with van der Waals surface area (Å²) in [6.45, 7) is 0. The van der Waals surface area contributed by atoms with Gasteiger partial charge in [0.15, 0.2) is 5.58 Å². The number of benzene rings is 9. The Morgan fingerprint density at radius 2 is 0.944 bits per heavy atom. The van der Waals surface area contributed by atoms with Crippen molar-refractivity contribution in [2.45, 2.75) is 0 Å². The minimum Gasteiger partial charge on any atom is -0.454 e. The molecule has 0 amide bonds. The van der Waals surface area contributed by atoms with Crippen LogP contribution in [0.3, 0.4) is 0 Å². The zero-order chi connectivity index (χ0) is 35.3. The standard InChI is InChI=1S/C50H29N3O/c1-2-16-30(17-3-1)31-18-4-9-23-36(31)47-37-24-10-13-27-40(37)51-50(52-47)53-41-28-14-11-25-38(41)45-43-34-21-7-5-19-32(34)33-20-6-8-22-35(33)44(43)46-39-26-12-15-29-42(39)54-49(46)48(45)53/h1-29H. The molecule has 3 aromatic heterocycles. The van der Waals surface area contributed by atoms with Gasteiger partial charge in [0, 0.05) is 43.3 Å². The highest BCUT2D eigenvalue weighted by atomic mass is 16.3. The van der Waals surface area contributed by atoms with Crippen LogP contribution in [-0.4, -0.2) is 14.5 Å². The van der Waals surface area contributed by atoms with Crippen LogP contribution in [0.5, 0.6) is 0 Å². The van der Waals surface area contributed by atoms with Gasteiger partial charge in [-0.2, -0.15) is 0 Å². The quantitative estimate of drug-likeness (QED) is 0.174. The molecule has 0 spiro atoms. The van der Waals surface area contributed by atoms with Crippen LogP contribution >= 0.6 is 0 Å². The normalized spacial score (nSPS) is 12.1. The predicted octanol–water partition coefficient (Wildman–Crippen LogP) is 13.4. The van der Waals surface area contributed by atoms with Crippen LogP contribution in [0.4, 0.5) is 0 Å². The average molecular weight is 688 g/mol. The zero-order valence-electron chi connectivity index (χ0n) is 29.0. The molecule has 0 aliphatic rings. The summed E-state index contributed by atoms with van der Waals surface area (Å²) < 4.78 is 9.28. The first-order valence-corrected chi connectivity index (χ1v) is 18.3. The topological polar surface area (TPSA) is 43.9 Å². The molecular formula is C50H29N3O. The number of rotatable bonds is 3. The maximum Gasteiger partial charge on any atom is 0.235 e.